The van der Waals surface area contributed by atoms with Gasteiger partial charge in [-0.05, 0) is 30.9 Å². The van der Waals surface area contributed by atoms with Crippen molar-refractivity contribution in [2.45, 2.75) is 25.9 Å². The quantitative estimate of drug-likeness (QED) is 0.516. The van der Waals surface area contributed by atoms with Crippen LogP contribution in [0, 0.1) is 0 Å². The van der Waals surface area contributed by atoms with Crippen LogP contribution >= 0.6 is 23.2 Å². The van der Waals surface area contributed by atoms with Gasteiger partial charge in [0.1, 0.15) is 0 Å². The van der Waals surface area contributed by atoms with Crippen molar-refractivity contribution in [2.24, 2.45) is 0 Å². The molecule has 0 aromatic heterocycles. The average Bonchev–Trinajstić information content (AvgIpc) is 2.25. The lowest BCUT2D eigenvalue weighted by Gasteiger charge is -2.05. The summed E-state index contributed by atoms with van der Waals surface area (Å²) in [5.74, 6) is 0.741. The summed E-state index contributed by atoms with van der Waals surface area (Å²) >= 11 is 11.6. The molecule has 1 aromatic rings. The van der Waals surface area contributed by atoms with Gasteiger partial charge in [0.05, 0.1) is 6.61 Å². The number of rotatable bonds is 7. The molecule has 15 heavy (non-hydrogen) atoms. The van der Waals surface area contributed by atoms with Crippen LogP contribution in [0.5, 0.6) is 0 Å². The van der Waals surface area contributed by atoms with E-state index in [0.29, 0.717) is 6.61 Å². The summed E-state index contributed by atoms with van der Waals surface area (Å²) in [6.45, 7) is 1.38. The molecule has 3 heteroatoms. The first-order valence-corrected chi connectivity index (χ1v) is 6.13. The molecule has 0 aliphatic heterocycles. The van der Waals surface area contributed by atoms with Crippen molar-refractivity contribution < 1.29 is 4.74 Å². The van der Waals surface area contributed by atoms with E-state index in [9.17, 15) is 0 Å². The van der Waals surface area contributed by atoms with Crippen LogP contribution < -0.4 is 0 Å². The fraction of sp³-hybridized carbons (Fsp3) is 0.500. The molecule has 0 atom stereocenters. The molecule has 0 spiro atoms. The van der Waals surface area contributed by atoms with Crippen LogP contribution in [0.1, 0.15) is 24.8 Å². The Labute approximate surface area is 101 Å². The molecule has 0 radical (unpaired) electrons. The van der Waals surface area contributed by atoms with Crippen LogP contribution in [-0.2, 0) is 11.3 Å². The Balaban J connectivity index is 2.12. The summed E-state index contributed by atoms with van der Waals surface area (Å²) in [5, 5.41) is 0.776. The van der Waals surface area contributed by atoms with Crippen LogP contribution in [0.15, 0.2) is 24.3 Å². The second kappa shape index (κ2) is 7.98. The summed E-state index contributed by atoms with van der Waals surface area (Å²) in [7, 11) is 0. The molecular formula is C12H16Cl2O. The van der Waals surface area contributed by atoms with Crippen molar-refractivity contribution >= 4 is 23.2 Å². The molecule has 0 saturated carbocycles. The van der Waals surface area contributed by atoms with Crippen LogP contribution in [0.2, 0.25) is 5.02 Å². The van der Waals surface area contributed by atoms with Gasteiger partial charge in [0.2, 0.25) is 0 Å². The van der Waals surface area contributed by atoms with E-state index in [1.165, 1.54) is 0 Å². The first-order chi connectivity index (χ1) is 7.34. The minimum absolute atomic E-state index is 0.598. The maximum atomic E-state index is 5.99. The van der Waals surface area contributed by atoms with Crippen LogP contribution in [0.25, 0.3) is 0 Å². The topological polar surface area (TPSA) is 9.23 Å². The third-order valence-corrected chi connectivity index (χ3v) is 2.77. The van der Waals surface area contributed by atoms with E-state index in [-0.39, 0.29) is 0 Å². The Bertz CT molecular complexity index is 276. The average molecular weight is 247 g/mol. The third kappa shape index (κ3) is 5.41. The van der Waals surface area contributed by atoms with Crippen molar-refractivity contribution in [3.63, 3.8) is 0 Å². The molecule has 84 valence electrons. The van der Waals surface area contributed by atoms with Crippen molar-refractivity contribution in [1.82, 2.24) is 0 Å². The fourth-order valence-corrected chi connectivity index (χ4v) is 1.65. The van der Waals surface area contributed by atoms with Crippen LogP contribution in [-0.4, -0.2) is 12.5 Å². The van der Waals surface area contributed by atoms with E-state index in [0.717, 1.165) is 42.3 Å². The zero-order chi connectivity index (χ0) is 10.9. The van der Waals surface area contributed by atoms with Crippen molar-refractivity contribution in [2.75, 3.05) is 12.5 Å². The number of unbranched alkanes of at least 4 members (excludes halogenated alkanes) is 2. The lowest BCUT2D eigenvalue weighted by Crippen LogP contribution is -1.96. The second-order valence-electron chi connectivity index (χ2n) is 3.39. The minimum Gasteiger partial charge on any atom is -0.377 e. The highest BCUT2D eigenvalue weighted by atomic mass is 35.5. The molecule has 0 heterocycles. The maximum Gasteiger partial charge on any atom is 0.0731 e. The number of ether oxygens (including phenoxy) is 1. The van der Waals surface area contributed by atoms with Gasteiger partial charge in [-0.25, -0.2) is 0 Å². The van der Waals surface area contributed by atoms with Crippen LogP contribution in [0.4, 0.5) is 0 Å². The first kappa shape index (κ1) is 12.8. The number of halogens is 2. The monoisotopic (exact) mass is 246 g/mol. The summed E-state index contributed by atoms with van der Waals surface area (Å²) in [6, 6.07) is 7.76. The molecule has 0 unspecified atom stereocenters. The minimum atomic E-state index is 0.598. The van der Waals surface area contributed by atoms with E-state index in [2.05, 4.69) is 0 Å². The molecule has 0 fully saturated rings. The second-order valence-corrected chi connectivity index (χ2v) is 4.18. The Morgan fingerprint density at radius 2 is 1.87 bits per heavy atom. The van der Waals surface area contributed by atoms with Crippen LogP contribution in [0.3, 0.4) is 0 Å². The van der Waals surface area contributed by atoms with Crippen molar-refractivity contribution in [1.29, 1.82) is 0 Å². The Kier molecular flexibility index (Phi) is 6.82. The summed E-state index contributed by atoms with van der Waals surface area (Å²) < 4.78 is 5.52. The van der Waals surface area contributed by atoms with Gasteiger partial charge in [0.25, 0.3) is 0 Å². The molecular weight excluding hydrogens is 231 g/mol. The first-order valence-electron chi connectivity index (χ1n) is 5.21. The molecule has 0 aliphatic rings. The summed E-state index contributed by atoms with van der Waals surface area (Å²) in [6.07, 6.45) is 3.26. The largest absolute Gasteiger partial charge is 0.377 e. The van der Waals surface area contributed by atoms with Gasteiger partial charge < -0.3 is 4.74 Å². The molecule has 1 aromatic carbocycles. The molecule has 0 aliphatic carbocycles. The van der Waals surface area contributed by atoms with Gasteiger partial charge >= 0.3 is 0 Å². The Morgan fingerprint density at radius 3 is 2.60 bits per heavy atom. The normalized spacial score (nSPS) is 10.5. The zero-order valence-electron chi connectivity index (χ0n) is 8.72. The predicted molar refractivity (Wildman–Crippen MR) is 65.7 cm³/mol. The maximum absolute atomic E-state index is 5.99. The fourth-order valence-electron chi connectivity index (χ4n) is 1.27. The lowest BCUT2D eigenvalue weighted by atomic mass is 10.2. The van der Waals surface area contributed by atoms with Gasteiger partial charge in [0, 0.05) is 17.5 Å². The van der Waals surface area contributed by atoms with Gasteiger partial charge in [-0.2, -0.15) is 0 Å². The van der Waals surface area contributed by atoms with E-state index >= 15 is 0 Å². The number of hydrogen-bond acceptors (Lipinski definition) is 1. The Morgan fingerprint density at radius 1 is 1.07 bits per heavy atom. The summed E-state index contributed by atoms with van der Waals surface area (Å²) in [5.41, 5.74) is 1.05. The molecule has 0 amide bonds. The van der Waals surface area contributed by atoms with E-state index in [4.69, 9.17) is 27.9 Å². The highest BCUT2D eigenvalue weighted by molar-refractivity contribution is 6.31. The predicted octanol–water partition coefficient (Wildman–Crippen LogP) is 4.27. The Hall–Kier alpha value is -0.240. The third-order valence-electron chi connectivity index (χ3n) is 2.14. The number of benzene rings is 1. The molecule has 1 rings (SSSR count). The smallest absolute Gasteiger partial charge is 0.0731 e. The van der Waals surface area contributed by atoms with E-state index in [1.807, 2.05) is 24.3 Å². The molecule has 1 nitrogen and oxygen atoms in total. The SMILES string of the molecule is ClCCCCCOCc1ccccc1Cl. The highest BCUT2D eigenvalue weighted by Gasteiger charge is 1.98. The van der Waals surface area contributed by atoms with Gasteiger partial charge in [0.15, 0.2) is 0 Å². The zero-order valence-corrected chi connectivity index (χ0v) is 10.2. The molecule has 0 saturated heterocycles. The lowest BCUT2D eigenvalue weighted by molar-refractivity contribution is 0.117. The number of hydrogen-bond donors (Lipinski definition) is 0. The van der Waals surface area contributed by atoms with Crippen molar-refractivity contribution in [3.8, 4) is 0 Å². The molecule has 0 N–H and O–H groups in total. The van der Waals surface area contributed by atoms with Gasteiger partial charge in [-0.3, -0.25) is 0 Å². The standard InChI is InChI=1S/C12H16Cl2O/c13-8-4-1-5-9-15-10-11-6-2-3-7-12(11)14/h2-3,6-7H,1,4-5,8-10H2. The van der Waals surface area contributed by atoms with Crippen molar-refractivity contribution in [3.05, 3.63) is 34.9 Å². The highest BCUT2D eigenvalue weighted by Crippen LogP contribution is 2.15. The van der Waals surface area contributed by atoms with E-state index < -0.39 is 0 Å². The molecule has 0 bridgehead atoms. The summed E-state index contributed by atoms with van der Waals surface area (Å²) in [4.78, 5) is 0. The van der Waals surface area contributed by atoms with Gasteiger partial charge in [-0.15, -0.1) is 11.6 Å². The number of alkyl halides is 1. The van der Waals surface area contributed by atoms with Gasteiger partial charge in [-0.1, -0.05) is 29.8 Å². The van der Waals surface area contributed by atoms with E-state index in [1.54, 1.807) is 0 Å².